The molecule has 1 aliphatic carbocycles. The molecule has 1 N–H and O–H groups in total. The van der Waals surface area contributed by atoms with Crippen LogP contribution in [0.15, 0.2) is 30.3 Å². The molecule has 2 aliphatic heterocycles. The quantitative estimate of drug-likeness (QED) is 0.806. The maximum atomic E-state index is 12.0. The van der Waals surface area contributed by atoms with Gasteiger partial charge in [0.2, 0.25) is 0 Å². The summed E-state index contributed by atoms with van der Waals surface area (Å²) in [7, 11) is 0. The Balaban J connectivity index is 1.36. The average molecular weight is 387 g/mol. The molecular formula is C23H34N2O3. The van der Waals surface area contributed by atoms with Crippen molar-refractivity contribution in [3.05, 3.63) is 30.3 Å². The van der Waals surface area contributed by atoms with Crippen LogP contribution >= 0.6 is 0 Å². The minimum atomic E-state index is -0.241. The lowest BCUT2D eigenvalue weighted by Crippen LogP contribution is -2.59. The zero-order chi connectivity index (χ0) is 19.6. The Morgan fingerprint density at radius 3 is 2.39 bits per heavy atom. The molecule has 28 heavy (non-hydrogen) atoms. The molecule has 2 saturated heterocycles. The predicted molar refractivity (Wildman–Crippen MR) is 110 cm³/mol. The summed E-state index contributed by atoms with van der Waals surface area (Å²) < 4.78 is 5.21. The number of aliphatic hydroxyl groups excluding tert-OH is 1. The fourth-order valence-corrected chi connectivity index (χ4v) is 5.73. The molecule has 1 aromatic carbocycles. The summed E-state index contributed by atoms with van der Waals surface area (Å²) in [5.41, 5.74) is 1.13. The van der Waals surface area contributed by atoms with Gasteiger partial charge >= 0.3 is 5.97 Å². The maximum Gasteiger partial charge on any atom is 0.308 e. The number of hydrogen-bond acceptors (Lipinski definition) is 5. The lowest BCUT2D eigenvalue weighted by atomic mass is 9.80. The van der Waals surface area contributed by atoms with Gasteiger partial charge < -0.3 is 19.6 Å². The van der Waals surface area contributed by atoms with E-state index in [4.69, 9.17) is 4.74 Å². The third-order valence-corrected chi connectivity index (χ3v) is 7.35. The number of esters is 1. The van der Waals surface area contributed by atoms with Crippen LogP contribution in [0.2, 0.25) is 0 Å². The second-order valence-corrected chi connectivity index (χ2v) is 8.69. The number of likely N-dealkylation sites (tertiary alicyclic amines) is 1. The number of rotatable bonds is 4. The molecule has 0 bridgehead atoms. The smallest absolute Gasteiger partial charge is 0.308 e. The molecule has 5 heteroatoms. The van der Waals surface area contributed by atoms with Crippen molar-refractivity contribution >= 4 is 11.7 Å². The van der Waals surface area contributed by atoms with Gasteiger partial charge in [-0.15, -0.1) is 0 Å². The van der Waals surface area contributed by atoms with Crippen LogP contribution in [-0.2, 0) is 9.53 Å². The van der Waals surface area contributed by atoms with Crippen molar-refractivity contribution in [1.82, 2.24) is 4.90 Å². The summed E-state index contributed by atoms with van der Waals surface area (Å²) in [6.45, 7) is 5.37. The second kappa shape index (κ2) is 8.42. The molecule has 154 valence electrons. The van der Waals surface area contributed by atoms with E-state index in [0.717, 1.165) is 64.6 Å². The van der Waals surface area contributed by atoms with E-state index in [9.17, 15) is 9.90 Å². The molecule has 5 nitrogen and oxygen atoms in total. The van der Waals surface area contributed by atoms with Gasteiger partial charge in [-0.1, -0.05) is 18.2 Å². The first-order valence-electron chi connectivity index (χ1n) is 11.1. The zero-order valence-electron chi connectivity index (χ0n) is 17.1. The van der Waals surface area contributed by atoms with Gasteiger partial charge in [-0.3, -0.25) is 4.79 Å². The summed E-state index contributed by atoms with van der Waals surface area (Å²) in [5, 5.41) is 10.9. The van der Waals surface area contributed by atoms with Gasteiger partial charge in [-0.05, 0) is 64.0 Å². The van der Waals surface area contributed by atoms with Gasteiger partial charge in [0, 0.05) is 31.4 Å². The highest BCUT2D eigenvalue weighted by molar-refractivity contribution is 5.72. The first kappa shape index (κ1) is 19.7. The van der Waals surface area contributed by atoms with Crippen molar-refractivity contribution < 1.29 is 14.6 Å². The predicted octanol–water partition coefficient (Wildman–Crippen LogP) is 3.21. The largest absolute Gasteiger partial charge is 0.466 e. The Morgan fingerprint density at radius 1 is 1.07 bits per heavy atom. The molecule has 3 fully saturated rings. The molecule has 0 unspecified atom stereocenters. The summed E-state index contributed by atoms with van der Waals surface area (Å²) in [6.07, 6.45) is 6.72. The number of hydrogen-bond donors (Lipinski definition) is 1. The molecule has 0 aromatic heterocycles. The fraction of sp³-hybridized carbons (Fsp3) is 0.696. The van der Waals surface area contributed by atoms with E-state index >= 15 is 0 Å². The van der Waals surface area contributed by atoms with Crippen molar-refractivity contribution in [3.8, 4) is 0 Å². The van der Waals surface area contributed by atoms with E-state index in [1.54, 1.807) is 0 Å². The highest BCUT2D eigenvalue weighted by Crippen LogP contribution is 2.42. The minimum absolute atomic E-state index is 0.00821. The molecule has 0 radical (unpaired) electrons. The van der Waals surface area contributed by atoms with Gasteiger partial charge in [0.1, 0.15) is 0 Å². The summed E-state index contributed by atoms with van der Waals surface area (Å²) in [4.78, 5) is 17.1. The monoisotopic (exact) mass is 386 g/mol. The Hall–Kier alpha value is -1.59. The minimum Gasteiger partial charge on any atom is -0.466 e. The van der Waals surface area contributed by atoms with Crippen molar-refractivity contribution in [3.63, 3.8) is 0 Å². The summed E-state index contributed by atoms with van der Waals surface area (Å²) >= 11 is 0. The molecule has 2 heterocycles. The number of piperidine rings is 1. The number of aliphatic hydroxyl groups is 1. The van der Waals surface area contributed by atoms with E-state index in [-0.39, 0.29) is 23.5 Å². The zero-order valence-corrected chi connectivity index (χ0v) is 17.1. The topological polar surface area (TPSA) is 53.0 Å². The molecule has 1 saturated carbocycles. The van der Waals surface area contributed by atoms with Gasteiger partial charge in [0.05, 0.1) is 24.2 Å². The van der Waals surface area contributed by atoms with Gasteiger partial charge in [0.25, 0.3) is 0 Å². The van der Waals surface area contributed by atoms with E-state index in [2.05, 4.69) is 40.1 Å². The Kier molecular flexibility index (Phi) is 5.93. The van der Waals surface area contributed by atoms with Crippen LogP contribution in [0.3, 0.4) is 0 Å². The number of nitrogens with zero attached hydrogens (tertiary/aromatic N) is 2. The molecule has 1 aromatic rings. The van der Waals surface area contributed by atoms with Crippen molar-refractivity contribution in [2.75, 3.05) is 31.1 Å². The highest BCUT2D eigenvalue weighted by atomic mass is 16.5. The lowest BCUT2D eigenvalue weighted by Gasteiger charge is -2.49. The normalized spacial score (nSPS) is 30.5. The van der Waals surface area contributed by atoms with Crippen LogP contribution < -0.4 is 4.90 Å². The van der Waals surface area contributed by atoms with E-state index in [1.807, 2.05) is 6.92 Å². The van der Waals surface area contributed by atoms with E-state index in [0.29, 0.717) is 12.6 Å². The summed E-state index contributed by atoms with van der Waals surface area (Å²) in [6, 6.07) is 11.1. The Labute approximate surface area is 168 Å². The van der Waals surface area contributed by atoms with Crippen LogP contribution in [0, 0.1) is 5.92 Å². The first-order valence-corrected chi connectivity index (χ1v) is 11.1. The molecule has 1 spiro atoms. The van der Waals surface area contributed by atoms with Gasteiger partial charge in [0.15, 0.2) is 0 Å². The third-order valence-electron chi connectivity index (χ3n) is 7.35. The Bertz CT molecular complexity index is 649. The van der Waals surface area contributed by atoms with Crippen LogP contribution in [-0.4, -0.2) is 59.9 Å². The molecule has 0 amide bonds. The lowest BCUT2D eigenvalue weighted by molar-refractivity contribution is -0.149. The average Bonchev–Trinajstić information content (AvgIpc) is 3.05. The number of carbonyl (C=O) groups is 1. The highest BCUT2D eigenvalue weighted by Gasteiger charge is 2.50. The van der Waals surface area contributed by atoms with E-state index < -0.39 is 0 Å². The number of carbonyl (C=O) groups excluding carboxylic acids is 1. The molecule has 3 aliphatic rings. The molecule has 1 atom stereocenters. The van der Waals surface area contributed by atoms with Gasteiger partial charge in [-0.2, -0.15) is 0 Å². The number of ether oxygens (including phenoxy) is 1. The fourth-order valence-electron chi connectivity index (χ4n) is 5.73. The van der Waals surface area contributed by atoms with Crippen molar-refractivity contribution in [2.45, 2.75) is 69.6 Å². The number of para-hydroxylation sites is 1. The molecular weight excluding hydrogens is 352 g/mol. The van der Waals surface area contributed by atoms with Crippen LogP contribution in [0.1, 0.15) is 51.9 Å². The first-order chi connectivity index (χ1) is 13.6. The standard InChI is InChI=1S/C23H34N2O3/c1-2-28-22(27)18-8-10-19(11-9-18)24-16-13-23(14-17-24)21(26)12-15-25(23)20-6-4-3-5-7-20/h3-7,18-19,21,26H,2,8-17H2,1H3/t18?,19?,21-/m0/s1. The Morgan fingerprint density at radius 2 is 1.75 bits per heavy atom. The van der Waals surface area contributed by atoms with Crippen LogP contribution in [0.4, 0.5) is 5.69 Å². The van der Waals surface area contributed by atoms with Crippen LogP contribution in [0.5, 0.6) is 0 Å². The second-order valence-electron chi connectivity index (χ2n) is 8.69. The SMILES string of the molecule is CCOC(=O)C1CCC(N2CCC3(CC2)[C@@H](O)CCN3c2ccccc2)CC1. The number of anilines is 1. The van der Waals surface area contributed by atoms with Crippen molar-refractivity contribution in [1.29, 1.82) is 0 Å². The van der Waals surface area contributed by atoms with Crippen LogP contribution in [0.25, 0.3) is 0 Å². The van der Waals surface area contributed by atoms with E-state index in [1.165, 1.54) is 5.69 Å². The molecule has 4 rings (SSSR count). The third kappa shape index (κ3) is 3.67. The van der Waals surface area contributed by atoms with Crippen molar-refractivity contribution in [2.24, 2.45) is 5.92 Å². The summed E-state index contributed by atoms with van der Waals surface area (Å²) in [5.74, 6) is 0.0867. The van der Waals surface area contributed by atoms with Gasteiger partial charge in [-0.25, -0.2) is 0 Å². The maximum absolute atomic E-state index is 12.0. The number of benzene rings is 1.